The van der Waals surface area contributed by atoms with Crippen LogP contribution in [0.3, 0.4) is 0 Å². The van der Waals surface area contributed by atoms with Crippen LogP contribution in [0.25, 0.3) is 0 Å². The maximum absolute atomic E-state index is 10.4. The molecule has 0 aromatic rings. The van der Waals surface area contributed by atoms with Crippen LogP contribution in [0.4, 0.5) is 0 Å². The van der Waals surface area contributed by atoms with Crippen molar-refractivity contribution >= 4 is 18.7 Å². The van der Waals surface area contributed by atoms with Gasteiger partial charge >= 0.3 is 0 Å². The highest BCUT2D eigenvalue weighted by molar-refractivity contribution is 7.78. The molecule has 0 saturated heterocycles. The van der Waals surface area contributed by atoms with Crippen LogP contribution in [0.1, 0.15) is 0 Å². The lowest BCUT2D eigenvalue weighted by Gasteiger charge is -2.09. The minimum Gasteiger partial charge on any atom is -0.369 e. The maximum atomic E-state index is 10.4. The van der Waals surface area contributed by atoms with E-state index in [1.807, 2.05) is 0 Å². The van der Waals surface area contributed by atoms with E-state index < -0.39 is 6.23 Å². The Kier molecular flexibility index (Phi) is 1.27. The Labute approximate surface area is 52.1 Å². The smallest absolute Gasteiger partial charge is 0.258 e. The van der Waals surface area contributed by atoms with Gasteiger partial charge in [-0.2, -0.15) is 0 Å². The van der Waals surface area contributed by atoms with Crippen LogP contribution in [-0.4, -0.2) is 21.5 Å². The quantitative estimate of drug-likeness (QED) is 0.437. The molecule has 0 fully saturated rings. The average Bonchev–Trinajstić information content (AvgIpc) is 1.98. The SMILES string of the molecule is O=C1C=CC(O)N1S. The molecule has 0 aromatic carbocycles. The number of thiol groups is 1. The lowest BCUT2D eigenvalue weighted by atomic mass is 10.5. The molecule has 44 valence electrons. The van der Waals surface area contributed by atoms with Crippen molar-refractivity contribution in [2.45, 2.75) is 6.23 Å². The summed E-state index contributed by atoms with van der Waals surface area (Å²) in [6.45, 7) is 0. The van der Waals surface area contributed by atoms with Crippen LogP contribution in [0.2, 0.25) is 0 Å². The monoisotopic (exact) mass is 131 g/mol. The molecule has 1 aliphatic heterocycles. The fourth-order valence-electron chi connectivity index (χ4n) is 0.457. The Balaban J connectivity index is 2.69. The zero-order valence-electron chi connectivity index (χ0n) is 3.98. The first-order valence-corrected chi connectivity index (χ1v) is 2.50. The molecule has 4 heteroatoms. The lowest BCUT2D eigenvalue weighted by Crippen LogP contribution is -2.23. The molecule has 1 N–H and O–H groups in total. The summed E-state index contributed by atoms with van der Waals surface area (Å²) in [6, 6.07) is 0. The summed E-state index contributed by atoms with van der Waals surface area (Å²) in [5.41, 5.74) is 0. The molecule has 0 saturated carbocycles. The maximum Gasteiger partial charge on any atom is 0.258 e. The minimum absolute atomic E-state index is 0.277. The van der Waals surface area contributed by atoms with E-state index in [0.717, 1.165) is 4.31 Å². The van der Waals surface area contributed by atoms with Crippen molar-refractivity contribution in [2.75, 3.05) is 0 Å². The van der Waals surface area contributed by atoms with Crippen LogP contribution >= 0.6 is 12.8 Å². The van der Waals surface area contributed by atoms with E-state index in [4.69, 9.17) is 5.11 Å². The largest absolute Gasteiger partial charge is 0.369 e. The molecule has 8 heavy (non-hydrogen) atoms. The molecular formula is C4H5NO2S. The molecule has 1 atom stereocenters. The summed E-state index contributed by atoms with van der Waals surface area (Å²) in [7, 11) is 0. The molecule has 1 heterocycles. The summed E-state index contributed by atoms with van der Waals surface area (Å²) >= 11 is 3.65. The number of carbonyl (C=O) groups is 1. The number of nitrogens with zero attached hydrogens (tertiary/aromatic N) is 1. The third-order valence-electron chi connectivity index (χ3n) is 0.887. The standard InChI is InChI=1S/C4H5NO2S/c6-3-1-2-4(7)5(3)8/h1-3,6,8H. The van der Waals surface area contributed by atoms with Gasteiger partial charge in [-0.25, -0.2) is 0 Å². The van der Waals surface area contributed by atoms with Gasteiger partial charge in [0.2, 0.25) is 0 Å². The summed E-state index contributed by atoms with van der Waals surface area (Å²) in [6.07, 6.45) is 1.80. The number of hydrogen-bond donors (Lipinski definition) is 2. The van der Waals surface area contributed by atoms with Crippen LogP contribution in [0, 0.1) is 0 Å². The van der Waals surface area contributed by atoms with E-state index in [9.17, 15) is 4.79 Å². The molecule has 0 aromatic heterocycles. The summed E-state index contributed by atoms with van der Waals surface area (Å²) < 4.78 is 0.944. The fraction of sp³-hybridized carbons (Fsp3) is 0.250. The summed E-state index contributed by atoms with van der Waals surface area (Å²) in [5, 5.41) is 8.71. The third kappa shape index (κ3) is 0.719. The summed E-state index contributed by atoms with van der Waals surface area (Å²) in [4.78, 5) is 10.4. The molecule has 0 spiro atoms. The average molecular weight is 131 g/mol. The number of hydrogen-bond acceptors (Lipinski definition) is 3. The van der Waals surface area contributed by atoms with Gasteiger partial charge in [-0.3, -0.25) is 9.10 Å². The molecule has 0 bridgehead atoms. The molecular weight excluding hydrogens is 126 g/mol. The van der Waals surface area contributed by atoms with Crippen molar-refractivity contribution in [3.8, 4) is 0 Å². The molecule has 1 unspecified atom stereocenters. The highest BCUT2D eigenvalue weighted by Gasteiger charge is 2.19. The number of aliphatic hydroxyl groups excluding tert-OH is 1. The Morgan fingerprint density at radius 3 is 2.62 bits per heavy atom. The van der Waals surface area contributed by atoms with Crippen molar-refractivity contribution in [3.05, 3.63) is 12.2 Å². The second kappa shape index (κ2) is 1.80. The predicted molar refractivity (Wildman–Crippen MR) is 31.0 cm³/mol. The number of carbonyl (C=O) groups excluding carboxylic acids is 1. The molecule has 3 nitrogen and oxygen atoms in total. The Bertz CT molecular complexity index is 145. The van der Waals surface area contributed by atoms with Crippen LogP contribution < -0.4 is 0 Å². The predicted octanol–water partition coefficient (Wildman–Crippen LogP) is -0.452. The first kappa shape index (κ1) is 5.65. The van der Waals surface area contributed by atoms with Crippen molar-refractivity contribution in [1.82, 2.24) is 4.31 Å². The van der Waals surface area contributed by atoms with Gasteiger partial charge in [0.15, 0.2) is 6.23 Å². The van der Waals surface area contributed by atoms with E-state index in [1.54, 1.807) is 0 Å². The van der Waals surface area contributed by atoms with Gasteiger partial charge in [0.1, 0.15) is 0 Å². The second-order valence-electron chi connectivity index (χ2n) is 1.46. The van der Waals surface area contributed by atoms with Crippen LogP contribution in [0.15, 0.2) is 12.2 Å². The van der Waals surface area contributed by atoms with Gasteiger partial charge in [-0.05, 0) is 6.08 Å². The van der Waals surface area contributed by atoms with Crippen LogP contribution in [0.5, 0.6) is 0 Å². The molecule has 1 rings (SSSR count). The first-order chi connectivity index (χ1) is 3.72. The van der Waals surface area contributed by atoms with E-state index in [1.165, 1.54) is 12.2 Å². The fourth-order valence-corrected chi connectivity index (χ4v) is 0.600. The Hall–Kier alpha value is -0.480. The van der Waals surface area contributed by atoms with Crippen molar-refractivity contribution < 1.29 is 9.90 Å². The normalized spacial score (nSPS) is 27.5. The van der Waals surface area contributed by atoms with Gasteiger partial charge in [-0.1, -0.05) is 12.8 Å². The van der Waals surface area contributed by atoms with Crippen molar-refractivity contribution in [1.29, 1.82) is 0 Å². The minimum atomic E-state index is -0.842. The Morgan fingerprint density at radius 2 is 2.50 bits per heavy atom. The molecule has 1 amide bonds. The van der Waals surface area contributed by atoms with E-state index in [2.05, 4.69) is 12.8 Å². The Morgan fingerprint density at radius 1 is 1.88 bits per heavy atom. The zero-order chi connectivity index (χ0) is 6.15. The number of aliphatic hydroxyl groups is 1. The van der Waals surface area contributed by atoms with Gasteiger partial charge in [0.25, 0.3) is 5.91 Å². The van der Waals surface area contributed by atoms with Crippen molar-refractivity contribution in [3.63, 3.8) is 0 Å². The number of amides is 1. The highest BCUT2D eigenvalue weighted by Crippen LogP contribution is 2.09. The number of rotatable bonds is 0. The first-order valence-electron chi connectivity index (χ1n) is 2.10. The van der Waals surface area contributed by atoms with Crippen LogP contribution in [-0.2, 0) is 4.79 Å². The van der Waals surface area contributed by atoms with Gasteiger partial charge in [0.05, 0.1) is 0 Å². The highest BCUT2D eigenvalue weighted by atomic mass is 32.1. The molecule has 0 aliphatic carbocycles. The second-order valence-corrected chi connectivity index (χ2v) is 1.89. The van der Waals surface area contributed by atoms with E-state index in [0.29, 0.717) is 0 Å². The van der Waals surface area contributed by atoms with E-state index >= 15 is 0 Å². The van der Waals surface area contributed by atoms with Crippen molar-refractivity contribution in [2.24, 2.45) is 0 Å². The topological polar surface area (TPSA) is 40.5 Å². The van der Waals surface area contributed by atoms with Gasteiger partial charge in [0, 0.05) is 6.08 Å². The van der Waals surface area contributed by atoms with Gasteiger partial charge in [-0.15, -0.1) is 0 Å². The summed E-state index contributed by atoms with van der Waals surface area (Å²) in [5.74, 6) is -0.277. The van der Waals surface area contributed by atoms with E-state index in [-0.39, 0.29) is 5.91 Å². The third-order valence-corrected chi connectivity index (χ3v) is 1.32. The lowest BCUT2D eigenvalue weighted by molar-refractivity contribution is -0.123. The zero-order valence-corrected chi connectivity index (χ0v) is 4.88. The molecule has 1 aliphatic rings. The van der Waals surface area contributed by atoms with Gasteiger partial charge < -0.3 is 5.11 Å². The molecule has 0 radical (unpaired) electrons.